The quantitative estimate of drug-likeness (QED) is 0.106. The zero-order chi connectivity index (χ0) is 41.7. The number of carboxylic acids is 1. The highest BCUT2D eigenvalue weighted by molar-refractivity contribution is 7.09. The molecule has 7 rings (SSSR count). The Labute approximate surface area is 343 Å². The molecule has 3 saturated carbocycles. The Morgan fingerprint density at radius 1 is 1.03 bits per heavy atom. The average molecular weight is 814 g/mol. The van der Waals surface area contributed by atoms with Crippen molar-refractivity contribution in [2.24, 2.45) is 40.4 Å². The summed E-state index contributed by atoms with van der Waals surface area (Å²) in [5, 5.41) is 13.8. The van der Waals surface area contributed by atoms with E-state index in [-0.39, 0.29) is 61.9 Å². The van der Waals surface area contributed by atoms with Crippen LogP contribution in [0, 0.1) is 40.4 Å². The number of Topliss-reactive ketones (excluding diaryl/α,β-unsaturated/α-hetero) is 2. The van der Waals surface area contributed by atoms with Gasteiger partial charge in [-0.25, -0.2) is 9.97 Å². The van der Waals surface area contributed by atoms with E-state index in [1.807, 2.05) is 32.2 Å². The first-order valence-corrected chi connectivity index (χ1v) is 21.4. The van der Waals surface area contributed by atoms with E-state index in [1.54, 1.807) is 35.6 Å². The molecule has 4 fully saturated rings. The predicted octanol–water partition coefficient (Wildman–Crippen LogP) is 7.50. The van der Waals surface area contributed by atoms with Gasteiger partial charge in [0, 0.05) is 42.2 Å². The first kappa shape index (κ1) is 41.5. The third kappa shape index (κ3) is 8.99. The molecule has 58 heavy (non-hydrogen) atoms. The van der Waals surface area contributed by atoms with Gasteiger partial charge >= 0.3 is 11.9 Å². The number of hydrogen-bond donors (Lipinski definition) is 1. The van der Waals surface area contributed by atoms with Crippen LogP contribution < -0.4 is 9.47 Å². The highest BCUT2D eigenvalue weighted by atomic mass is 32.1. The van der Waals surface area contributed by atoms with Crippen molar-refractivity contribution >= 4 is 51.7 Å². The summed E-state index contributed by atoms with van der Waals surface area (Å²) in [7, 11) is 0. The van der Waals surface area contributed by atoms with Gasteiger partial charge < -0.3 is 24.2 Å². The van der Waals surface area contributed by atoms with E-state index in [4.69, 9.17) is 24.2 Å². The van der Waals surface area contributed by atoms with Crippen LogP contribution in [0.1, 0.15) is 91.5 Å². The number of hydrogen-bond acceptors (Lipinski definition) is 11. The Morgan fingerprint density at radius 2 is 1.78 bits per heavy atom. The Kier molecular flexibility index (Phi) is 11.6. The number of allylic oxidation sites excluding steroid dienone is 1. The molecule has 1 saturated heterocycles. The van der Waals surface area contributed by atoms with Crippen molar-refractivity contribution in [1.29, 1.82) is 0 Å². The normalized spacial score (nSPS) is 26.6. The van der Waals surface area contributed by atoms with Crippen molar-refractivity contribution in [3.8, 4) is 22.9 Å². The minimum atomic E-state index is -1.26. The summed E-state index contributed by atoms with van der Waals surface area (Å²) in [4.78, 5) is 78.0. The van der Waals surface area contributed by atoms with Gasteiger partial charge in [-0.3, -0.25) is 24.0 Å². The van der Waals surface area contributed by atoms with E-state index in [2.05, 4.69) is 20.4 Å². The number of aliphatic carboxylic acids is 1. The van der Waals surface area contributed by atoms with E-state index in [1.165, 1.54) is 18.2 Å². The second-order valence-corrected chi connectivity index (χ2v) is 19.4. The molecule has 0 spiro atoms. The van der Waals surface area contributed by atoms with Crippen LogP contribution in [0.15, 0.2) is 42.3 Å². The maximum atomic E-state index is 14.8. The fourth-order valence-corrected chi connectivity index (χ4v) is 9.88. The largest absolute Gasteiger partial charge is 0.488 e. The van der Waals surface area contributed by atoms with Gasteiger partial charge in [0.25, 0.3) is 0 Å². The summed E-state index contributed by atoms with van der Waals surface area (Å²) in [6.45, 7) is 15.2. The number of nitrogens with zero attached hydrogens (tertiary/aromatic N) is 3. The van der Waals surface area contributed by atoms with E-state index in [0.717, 1.165) is 24.3 Å². The number of fused-ring (bicyclic) bond motifs is 2. The summed E-state index contributed by atoms with van der Waals surface area (Å²) in [6, 6.07) is 6.12. The van der Waals surface area contributed by atoms with Gasteiger partial charge in [-0.2, -0.15) is 0 Å². The van der Waals surface area contributed by atoms with Gasteiger partial charge in [0.05, 0.1) is 52.3 Å². The van der Waals surface area contributed by atoms with Gasteiger partial charge in [-0.05, 0) is 73.8 Å². The summed E-state index contributed by atoms with van der Waals surface area (Å²) in [5.41, 5.74) is -0.137. The number of amides is 1. The Balaban J connectivity index is 1.19. The highest BCUT2D eigenvalue weighted by Gasteiger charge is 2.61. The Morgan fingerprint density at radius 3 is 2.41 bits per heavy atom. The number of pyridine rings is 1. The molecule has 3 aliphatic carbocycles. The first-order chi connectivity index (χ1) is 27.4. The molecule has 12 nitrogen and oxygen atoms in total. The monoisotopic (exact) mass is 813 g/mol. The number of rotatable bonds is 17. The number of ether oxygens (including phenoxy) is 3. The molecule has 13 heteroatoms. The number of carboxylic acid groups (broad SMARTS) is 1. The number of ketones is 2. The third-order valence-electron chi connectivity index (χ3n) is 12.3. The summed E-state index contributed by atoms with van der Waals surface area (Å²) in [5.74, 6) is -0.874. The number of esters is 1. The lowest BCUT2D eigenvalue weighted by atomic mass is 9.77. The molecule has 4 aliphatic rings. The van der Waals surface area contributed by atoms with Crippen LogP contribution in [0.4, 0.5) is 0 Å². The molecule has 0 radical (unpaired) electrons. The molecular weight excluding hydrogens is 759 g/mol. The fourth-order valence-electron chi connectivity index (χ4n) is 8.88. The molecule has 1 N–H and O–H groups in total. The van der Waals surface area contributed by atoms with Gasteiger partial charge in [-0.15, -0.1) is 17.9 Å². The number of thiazole rings is 1. The van der Waals surface area contributed by atoms with Crippen LogP contribution in [0.25, 0.3) is 22.3 Å². The first-order valence-electron chi connectivity index (χ1n) is 20.5. The van der Waals surface area contributed by atoms with Crippen molar-refractivity contribution < 1.29 is 43.3 Å². The van der Waals surface area contributed by atoms with Crippen molar-refractivity contribution in [3.05, 3.63) is 47.3 Å². The summed E-state index contributed by atoms with van der Waals surface area (Å²) >= 11 is 1.55. The molecule has 1 aromatic carbocycles. The van der Waals surface area contributed by atoms with Crippen LogP contribution in [-0.2, 0) is 35.1 Å². The van der Waals surface area contributed by atoms with E-state index >= 15 is 0 Å². The Bertz CT molecular complexity index is 2110. The second-order valence-electron chi connectivity index (χ2n) is 18.5. The maximum absolute atomic E-state index is 14.8. The summed E-state index contributed by atoms with van der Waals surface area (Å²) < 4.78 is 18.4. The van der Waals surface area contributed by atoms with Crippen LogP contribution in [0.3, 0.4) is 0 Å². The SMILES string of the molecule is C=CC1C[C@]1(CC(=O)[C@@H]1C[C@@H](Oc2cc(-c3csc(CC(C)C)n3)nc3cc(OCC(C)=O)ccc23)CN1C(=O)[C@@H](CC(=O)OC1C[C@@H]2C[C@@H]2C1)C(C)(C)C)C(=O)O. The molecule has 2 unspecified atom stereocenters. The third-order valence-corrected chi connectivity index (χ3v) is 13.2. The lowest BCUT2D eigenvalue weighted by Gasteiger charge is -2.35. The number of carbonyl (C=O) groups is 5. The number of benzene rings is 1. The molecule has 3 heterocycles. The predicted molar refractivity (Wildman–Crippen MR) is 218 cm³/mol. The van der Waals surface area contributed by atoms with Gasteiger partial charge in [-0.1, -0.05) is 40.7 Å². The smallest absolute Gasteiger partial charge is 0.310 e. The number of likely N-dealkylation sites (tertiary alicyclic amines) is 1. The van der Waals surface area contributed by atoms with Crippen LogP contribution in [0.5, 0.6) is 11.5 Å². The number of aromatic nitrogens is 2. The highest BCUT2D eigenvalue weighted by Crippen LogP contribution is 2.57. The maximum Gasteiger partial charge on any atom is 0.310 e. The van der Waals surface area contributed by atoms with Crippen molar-refractivity contribution in [1.82, 2.24) is 14.9 Å². The minimum Gasteiger partial charge on any atom is -0.488 e. The van der Waals surface area contributed by atoms with Crippen molar-refractivity contribution in [2.75, 3.05) is 13.2 Å². The topological polar surface area (TPSA) is 162 Å². The summed E-state index contributed by atoms with van der Waals surface area (Å²) in [6.07, 6.45) is 4.57. The minimum absolute atomic E-state index is 0.0437. The van der Waals surface area contributed by atoms with E-state index in [0.29, 0.717) is 58.0 Å². The van der Waals surface area contributed by atoms with E-state index < -0.39 is 40.8 Å². The zero-order valence-electron chi connectivity index (χ0n) is 34.3. The molecule has 8 atom stereocenters. The van der Waals surface area contributed by atoms with E-state index in [9.17, 15) is 29.1 Å². The van der Waals surface area contributed by atoms with Gasteiger partial charge in [0.1, 0.15) is 30.3 Å². The standard InChI is InChI=1S/C45H55N3O9S/c1-8-28-19-45(28,43(53)54)20-38(50)37-16-31(21-48(37)42(52)33(44(5,6)7)17-41(51)57-30-13-26-12-27(26)14-30)56-39-18-35(36-23-58-40(47-36)11-24(2)3)46-34-15-29(9-10-32(34)39)55-22-25(4)49/h8-10,15,18,23-24,26-28,30-31,33,37H,1,11-14,16-17,19-22H2,2-7H3,(H,53,54)/t26-,27+,28?,30?,31-,33-,37+,45-/m1/s1. The lowest BCUT2D eigenvalue weighted by molar-refractivity contribution is -0.157. The molecule has 0 bridgehead atoms. The molecule has 1 amide bonds. The van der Waals surface area contributed by atoms with Crippen molar-refractivity contribution in [3.63, 3.8) is 0 Å². The van der Waals surface area contributed by atoms with Crippen LogP contribution in [-0.4, -0.2) is 80.8 Å². The average Bonchev–Trinajstić information content (AvgIpc) is 3.82. The molecule has 310 valence electrons. The molecular formula is C45H55N3O9S. The van der Waals surface area contributed by atoms with Crippen molar-refractivity contribution in [2.45, 2.75) is 111 Å². The fraction of sp³-hybridized carbons (Fsp3) is 0.578. The second kappa shape index (κ2) is 16.2. The molecule has 2 aromatic heterocycles. The van der Waals surface area contributed by atoms with Gasteiger partial charge in [0.15, 0.2) is 11.6 Å². The Hall–Kier alpha value is -4.65. The van der Waals surface area contributed by atoms with Crippen LogP contribution >= 0.6 is 11.3 Å². The van der Waals surface area contributed by atoms with Gasteiger partial charge in [0.2, 0.25) is 5.91 Å². The molecule has 3 aromatic rings. The number of carbonyl (C=O) groups excluding carboxylic acids is 4. The van der Waals surface area contributed by atoms with Crippen LogP contribution in [0.2, 0.25) is 0 Å². The lowest BCUT2D eigenvalue weighted by Crippen LogP contribution is -2.48. The zero-order valence-corrected chi connectivity index (χ0v) is 35.1. The molecule has 1 aliphatic heterocycles.